The van der Waals surface area contributed by atoms with E-state index in [0.717, 1.165) is 26.1 Å². The fourth-order valence-electron chi connectivity index (χ4n) is 1.13. The van der Waals surface area contributed by atoms with Crippen molar-refractivity contribution >= 4 is 0 Å². The second kappa shape index (κ2) is 5.14. The van der Waals surface area contributed by atoms with Crippen LogP contribution in [0.15, 0.2) is 24.3 Å². The van der Waals surface area contributed by atoms with Crippen LogP contribution in [0, 0.1) is 5.92 Å². The van der Waals surface area contributed by atoms with Crippen molar-refractivity contribution in [3.05, 3.63) is 24.3 Å². The maximum absolute atomic E-state index is 5.44. The number of ether oxygens (including phenoxy) is 1. The molecule has 0 radical (unpaired) electrons. The Kier molecular flexibility index (Phi) is 3.99. The summed E-state index contributed by atoms with van der Waals surface area (Å²) in [5.41, 5.74) is 0. The largest absolute Gasteiger partial charge is 0.381 e. The van der Waals surface area contributed by atoms with Crippen molar-refractivity contribution in [2.45, 2.75) is 19.8 Å². The molecule has 0 N–H and O–H groups in total. The van der Waals surface area contributed by atoms with E-state index >= 15 is 0 Å². The highest BCUT2D eigenvalue weighted by atomic mass is 16.5. The first kappa shape index (κ1) is 8.54. The SMILES string of the molecule is CCCOCC1C=CC=CC1. The lowest BCUT2D eigenvalue weighted by Crippen LogP contribution is -2.08. The highest BCUT2D eigenvalue weighted by molar-refractivity contribution is 5.10. The standard InChI is InChI=1S/C10H16O/c1-2-8-11-9-10-6-4-3-5-7-10/h3-6,10H,2,7-9H2,1H3. The zero-order valence-corrected chi connectivity index (χ0v) is 7.12. The van der Waals surface area contributed by atoms with Crippen molar-refractivity contribution < 1.29 is 4.74 Å². The molecule has 0 aromatic heterocycles. The number of rotatable bonds is 4. The molecular formula is C10H16O. The number of allylic oxidation sites excluding steroid dienone is 3. The molecule has 0 fully saturated rings. The van der Waals surface area contributed by atoms with Gasteiger partial charge in [-0.05, 0) is 12.8 Å². The quantitative estimate of drug-likeness (QED) is 0.562. The molecule has 0 aliphatic heterocycles. The van der Waals surface area contributed by atoms with E-state index < -0.39 is 0 Å². The minimum atomic E-state index is 0.617. The summed E-state index contributed by atoms with van der Waals surface area (Å²) in [6, 6.07) is 0. The smallest absolute Gasteiger partial charge is 0.0531 e. The van der Waals surface area contributed by atoms with Crippen LogP contribution in [0.3, 0.4) is 0 Å². The van der Waals surface area contributed by atoms with Crippen LogP contribution in [0.1, 0.15) is 19.8 Å². The van der Waals surface area contributed by atoms with Gasteiger partial charge in [-0.3, -0.25) is 0 Å². The monoisotopic (exact) mass is 152 g/mol. The van der Waals surface area contributed by atoms with E-state index in [2.05, 4.69) is 31.2 Å². The van der Waals surface area contributed by atoms with Crippen LogP contribution < -0.4 is 0 Å². The Hall–Kier alpha value is -0.560. The molecule has 1 rings (SSSR count). The van der Waals surface area contributed by atoms with Crippen LogP contribution in [0.4, 0.5) is 0 Å². The molecule has 1 atom stereocenters. The Labute approximate surface area is 68.8 Å². The van der Waals surface area contributed by atoms with E-state index in [9.17, 15) is 0 Å². The Balaban J connectivity index is 2.07. The molecule has 0 saturated heterocycles. The van der Waals surface area contributed by atoms with Crippen LogP contribution in [0.25, 0.3) is 0 Å². The lowest BCUT2D eigenvalue weighted by atomic mass is 10.0. The van der Waals surface area contributed by atoms with Crippen molar-refractivity contribution in [2.75, 3.05) is 13.2 Å². The van der Waals surface area contributed by atoms with Gasteiger partial charge in [0.15, 0.2) is 0 Å². The highest BCUT2D eigenvalue weighted by Gasteiger charge is 2.03. The zero-order valence-electron chi connectivity index (χ0n) is 7.12. The van der Waals surface area contributed by atoms with Crippen LogP contribution in [0.5, 0.6) is 0 Å². The van der Waals surface area contributed by atoms with Gasteiger partial charge in [0.05, 0.1) is 6.61 Å². The molecular weight excluding hydrogens is 136 g/mol. The summed E-state index contributed by atoms with van der Waals surface area (Å²) in [6.45, 7) is 3.92. The predicted octanol–water partition coefficient (Wildman–Crippen LogP) is 2.55. The van der Waals surface area contributed by atoms with E-state index in [1.54, 1.807) is 0 Å². The maximum atomic E-state index is 5.44. The lowest BCUT2D eigenvalue weighted by molar-refractivity contribution is 0.113. The molecule has 1 aliphatic rings. The Bertz CT molecular complexity index is 147. The van der Waals surface area contributed by atoms with Gasteiger partial charge in [0, 0.05) is 12.5 Å². The molecule has 1 unspecified atom stereocenters. The minimum Gasteiger partial charge on any atom is -0.381 e. The maximum Gasteiger partial charge on any atom is 0.0531 e. The predicted molar refractivity (Wildman–Crippen MR) is 47.5 cm³/mol. The first-order valence-corrected chi connectivity index (χ1v) is 4.34. The van der Waals surface area contributed by atoms with E-state index in [-0.39, 0.29) is 0 Å². The van der Waals surface area contributed by atoms with Gasteiger partial charge in [-0.25, -0.2) is 0 Å². The zero-order chi connectivity index (χ0) is 7.94. The third-order valence-electron chi connectivity index (χ3n) is 1.75. The van der Waals surface area contributed by atoms with Gasteiger partial charge in [0.2, 0.25) is 0 Å². The average molecular weight is 152 g/mol. The minimum absolute atomic E-state index is 0.617. The fraction of sp³-hybridized carbons (Fsp3) is 0.600. The molecule has 0 heterocycles. The summed E-state index contributed by atoms with van der Waals surface area (Å²) in [7, 11) is 0. The average Bonchev–Trinajstić information content (AvgIpc) is 2.07. The molecule has 1 heteroatoms. The second-order valence-corrected chi connectivity index (χ2v) is 2.88. The van der Waals surface area contributed by atoms with Crippen LogP contribution in [-0.2, 0) is 4.74 Å². The third kappa shape index (κ3) is 3.38. The molecule has 0 amide bonds. The summed E-state index contributed by atoms with van der Waals surface area (Å²) in [6.07, 6.45) is 10.9. The van der Waals surface area contributed by atoms with Gasteiger partial charge in [-0.2, -0.15) is 0 Å². The molecule has 1 nitrogen and oxygen atoms in total. The number of hydrogen-bond donors (Lipinski definition) is 0. The fourth-order valence-corrected chi connectivity index (χ4v) is 1.13. The molecule has 0 aromatic carbocycles. The summed E-state index contributed by atoms with van der Waals surface area (Å²) in [5, 5.41) is 0. The summed E-state index contributed by atoms with van der Waals surface area (Å²) < 4.78 is 5.44. The number of hydrogen-bond acceptors (Lipinski definition) is 1. The van der Waals surface area contributed by atoms with Crippen LogP contribution in [0.2, 0.25) is 0 Å². The van der Waals surface area contributed by atoms with E-state index in [1.807, 2.05) is 0 Å². The van der Waals surface area contributed by atoms with E-state index in [0.29, 0.717) is 5.92 Å². The van der Waals surface area contributed by atoms with Crippen molar-refractivity contribution in [2.24, 2.45) is 5.92 Å². The van der Waals surface area contributed by atoms with Gasteiger partial charge in [0.25, 0.3) is 0 Å². The van der Waals surface area contributed by atoms with Crippen molar-refractivity contribution in [3.8, 4) is 0 Å². The van der Waals surface area contributed by atoms with Crippen LogP contribution in [-0.4, -0.2) is 13.2 Å². The molecule has 0 aromatic rings. The first-order chi connectivity index (χ1) is 5.43. The van der Waals surface area contributed by atoms with E-state index in [1.165, 1.54) is 0 Å². The van der Waals surface area contributed by atoms with Crippen molar-refractivity contribution in [1.82, 2.24) is 0 Å². The van der Waals surface area contributed by atoms with Gasteiger partial charge in [0.1, 0.15) is 0 Å². The summed E-state index contributed by atoms with van der Waals surface area (Å²) in [5.74, 6) is 0.617. The normalized spacial score (nSPS) is 22.5. The Morgan fingerprint density at radius 3 is 3.00 bits per heavy atom. The molecule has 62 valence electrons. The highest BCUT2D eigenvalue weighted by Crippen LogP contribution is 2.11. The Morgan fingerprint density at radius 2 is 2.36 bits per heavy atom. The van der Waals surface area contributed by atoms with Gasteiger partial charge < -0.3 is 4.74 Å². The summed E-state index contributed by atoms with van der Waals surface area (Å²) >= 11 is 0. The lowest BCUT2D eigenvalue weighted by Gasteiger charge is -2.12. The van der Waals surface area contributed by atoms with Crippen molar-refractivity contribution in [1.29, 1.82) is 0 Å². The molecule has 0 spiro atoms. The van der Waals surface area contributed by atoms with Crippen molar-refractivity contribution in [3.63, 3.8) is 0 Å². The summed E-state index contributed by atoms with van der Waals surface area (Å²) in [4.78, 5) is 0. The molecule has 0 bridgehead atoms. The third-order valence-corrected chi connectivity index (χ3v) is 1.75. The first-order valence-electron chi connectivity index (χ1n) is 4.34. The van der Waals surface area contributed by atoms with Gasteiger partial charge >= 0.3 is 0 Å². The molecule has 1 aliphatic carbocycles. The van der Waals surface area contributed by atoms with Crippen LogP contribution >= 0.6 is 0 Å². The van der Waals surface area contributed by atoms with Gasteiger partial charge in [-0.15, -0.1) is 0 Å². The molecule has 11 heavy (non-hydrogen) atoms. The topological polar surface area (TPSA) is 9.23 Å². The van der Waals surface area contributed by atoms with Gasteiger partial charge in [-0.1, -0.05) is 31.2 Å². The Morgan fingerprint density at radius 1 is 1.45 bits per heavy atom. The molecule has 0 saturated carbocycles. The van der Waals surface area contributed by atoms with E-state index in [4.69, 9.17) is 4.74 Å². The second-order valence-electron chi connectivity index (χ2n) is 2.88.